The molecule has 11 nitrogen and oxygen atoms in total. The highest BCUT2D eigenvalue weighted by Gasteiger charge is 2.28. The summed E-state index contributed by atoms with van der Waals surface area (Å²) in [7, 11) is 5.22. The number of nitro groups is 1. The molecule has 1 aliphatic rings. The van der Waals surface area contributed by atoms with E-state index in [0.717, 1.165) is 5.82 Å². The fraction of sp³-hybridized carbons (Fsp3) is 0.450. The molecule has 0 unspecified atom stereocenters. The minimum atomic E-state index is -0.536. The van der Waals surface area contributed by atoms with Crippen LogP contribution in [0.4, 0.5) is 23.1 Å². The van der Waals surface area contributed by atoms with Gasteiger partial charge in [-0.3, -0.25) is 19.8 Å². The van der Waals surface area contributed by atoms with Crippen molar-refractivity contribution in [1.29, 1.82) is 0 Å². The monoisotopic (exact) mass is 429 g/mol. The Hall–Kier alpha value is -3.47. The Kier molecular flexibility index (Phi) is 6.85. The highest BCUT2D eigenvalue weighted by molar-refractivity contribution is 5.96. The number of amides is 1. The van der Waals surface area contributed by atoms with Gasteiger partial charge in [-0.2, -0.15) is 4.98 Å². The standard InChI is InChI=1S/C20H27N7O4/c1-14(19(28)22-16-6-5-15(31-4)13-17(16)27(29)30)25-9-11-26(12-10-25)18-7-8-21-20(23-18)24(2)3/h5-8,13-14H,9-12H2,1-4H3,(H,22,28)/t14-/m1/s1. The maximum Gasteiger partial charge on any atom is 0.296 e. The van der Waals surface area contributed by atoms with Crippen LogP contribution in [0, 0.1) is 10.1 Å². The second kappa shape index (κ2) is 9.56. The highest BCUT2D eigenvalue weighted by atomic mass is 16.6. The van der Waals surface area contributed by atoms with Crippen molar-refractivity contribution in [3.05, 3.63) is 40.6 Å². The van der Waals surface area contributed by atoms with E-state index in [2.05, 4.69) is 25.1 Å². The van der Waals surface area contributed by atoms with Gasteiger partial charge in [0.05, 0.1) is 24.1 Å². The van der Waals surface area contributed by atoms with Crippen LogP contribution in [-0.2, 0) is 4.79 Å². The van der Waals surface area contributed by atoms with Gasteiger partial charge in [-0.15, -0.1) is 0 Å². The summed E-state index contributed by atoms with van der Waals surface area (Å²) < 4.78 is 5.03. The van der Waals surface area contributed by atoms with E-state index in [0.29, 0.717) is 37.9 Å². The Bertz CT molecular complexity index is 945. The minimum absolute atomic E-state index is 0.151. The predicted molar refractivity (Wildman–Crippen MR) is 118 cm³/mol. The number of aromatic nitrogens is 2. The Morgan fingerprint density at radius 3 is 2.58 bits per heavy atom. The van der Waals surface area contributed by atoms with E-state index in [1.54, 1.807) is 19.2 Å². The molecule has 0 aliphatic carbocycles. The van der Waals surface area contributed by atoms with Crippen molar-refractivity contribution < 1.29 is 14.5 Å². The zero-order valence-corrected chi connectivity index (χ0v) is 18.1. The van der Waals surface area contributed by atoms with Crippen LogP contribution in [-0.4, -0.2) is 79.1 Å². The number of nitro benzene ring substituents is 1. The van der Waals surface area contributed by atoms with Crippen LogP contribution in [0.25, 0.3) is 0 Å². The summed E-state index contributed by atoms with van der Waals surface area (Å²) in [6.07, 6.45) is 1.74. The van der Waals surface area contributed by atoms with Crippen LogP contribution < -0.4 is 19.9 Å². The molecule has 1 fully saturated rings. The van der Waals surface area contributed by atoms with Crippen molar-refractivity contribution >= 4 is 29.0 Å². The molecule has 0 radical (unpaired) electrons. The summed E-state index contributed by atoms with van der Waals surface area (Å²) in [5, 5.41) is 14.0. The Morgan fingerprint density at radius 1 is 1.26 bits per heavy atom. The number of carbonyl (C=O) groups excluding carboxylic acids is 1. The molecule has 1 amide bonds. The normalized spacial score (nSPS) is 15.3. The first-order valence-electron chi connectivity index (χ1n) is 9.93. The van der Waals surface area contributed by atoms with Gasteiger partial charge in [-0.25, -0.2) is 4.98 Å². The summed E-state index contributed by atoms with van der Waals surface area (Å²) in [5.41, 5.74) is -0.0522. The lowest BCUT2D eigenvalue weighted by Gasteiger charge is -2.38. The Labute approximate surface area is 180 Å². The van der Waals surface area contributed by atoms with Gasteiger partial charge in [-0.1, -0.05) is 0 Å². The third kappa shape index (κ3) is 5.18. The van der Waals surface area contributed by atoms with Gasteiger partial charge in [0.2, 0.25) is 11.9 Å². The quantitative estimate of drug-likeness (QED) is 0.517. The summed E-state index contributed by atoms with van der Waals surface area (Å²) in [4.78, 5) is 38.4. The lowest BCUT2D eigenvalue weighted by molar-refractivity contribution is -0.384. The highest BCUT2D eigenvalue weighted by Crippen LogP contribution is 2.29. The predicted octanol–water partition coefficient (Wildman–Crippen LogP) is 1.61. The number of nitrogens with one attached hydrogen (secondary N) is 1. The van der Waals surface area contributed by atoms with Gasteiger partial charge in [0.15, 0.2) is 0 Å². The molecular weight excluding hydrogens is 402 g/mol. The van der Waals surface area contributed by atoms with Gasteiger partial charge in [0.25, 0.3) is 5.69 Å². The molecule has 0 saturated carbocycles. The van der Waals surface area contributed by atoms with Crippen LogP contribution in [0.3, 0.4) is 0 Å². The average Bonchev–Trinajstić information content (AvgIpc) is 2.78. The lowest BCUT2D eigenvalue weighted by Crippen LogP contribution is -2.53. The van der Waals surface area contributed by atoms with Crippen molar-refractivity contribution in [2.24, 2.45) is 0 Å². The topological polar surface area (TPSA) is 117 Å². The molecule has 2 aromatic rings. The first kappa shape index (κ1) is 22.2. The summed E-state index contributed by atoms with van der Waals surface area (Å²) in [6.45, 7) is 4.56. The average molecular weight is 429 g/mol. The zero-order chi connectivity index (χ0) is 22.5. The molecule has 0 spiro atoms. The zero-order valence-electron chi connectivity index (χ0n) is 18.1. The van der Waals surface area contributed by atoms with Crippen molar-refractivity contribution in [2.75, 3.05) is 62.5 Å². The molecule has 3 rings (SSSR count). The maximum absolute atomic E-state index is 12.8. The van der Waals surface area contributed by atoms with E-state index in [9.17, 15) is 14.9 Å². The van der Waals surface area contributed by atoms with Crippen LogP contribution in [0.2, 0.25) is 0 Å². The SMILES string of the molecule is COc1ccc(NC(=O)[C@@H](C)N2CCN(c3ccnc(N(C)C)n3)CC2)c([N+](=O)[O-])c1. The number of anilines is 3. The van der Waals surface area contributed by atoms with Crippen molar-refractivity contribution in [3.63, 3.8) is 0 Å². The molecule has 1 N–H and O–H groups in total. The molecule has 11 heteroatoms. The fourth-order valence-corrected chi connectivity index (χ4v) is 3.37. The summed E-state index contributed by atoms with van der Waals surface area (Å²) in [5.74, 6) is 1.56. The molecule has 2 heterocycles. The molecule has 1 atom stereocenters. The van der Waals surface area contributed by atoms with Gasteiger partial charge in [-0.05, 0) is 25.1 Å². The van der Waals surface area contributed by atoms with Crippen LogP contribution in [0.1, 0.15) is 6.92 Å². The number of hydrogen-bond donors (Lipinski definition) is 1. The smallest absolute Gasteiger partial charge is 0.296 e. The van der Waals surface area contributed by atoms with Gasteiger partial charge in [0.1, 0.15) is 17.3 Å². The van der Waals surface area contributed by atoms with Gasteiger partial charge < -0.3 is 19.9 Å². The van der Waals surface area contributed by atoms with E-state index in [1.807, 2.05) is 25.1 Å². The van der Waals surface area contributed by atoms with E-state index in [1.165, 1.54) is 19.2 Å². The first-order chi connectivity index (χ1) is 14.8. The van der Waals surface area contributed by atoms with Gasteiger partial charge >= 0.3 is 0 Å². The summed E-state index contributed by atoms with van der Waals surface area (Å²) in [6, 6.07) is 5.79. The molecule has 1 aliphatic heterocycles. The molecule has 31 heavy (non-hydrogen) atoms. The molecule has 1 aromatic heterocycles. The molecule has 0 bridgehead atoms. The number of methoxy groups -OCH3 is 1. The second-order valence-electron chi connectivity index (χ2n) is 7.44. The molecule has 1 aromatic carbocycles. The van der Waals surface area contributed by atoms with E-state index < -0.39 is 11.0 Å². The number of rotatable bonds is 7. The minimum Gasteiger partial charge on any atom is -0.496 e. The van der Waals surface area contributed by atoms with Crippen molar-refractivity contribution in [1.82, 2.24) is 14.9 Å². The lowest BCUT2D eigenvalue weighted by atomic mass is 10.2. The molecule has 166 valence electrons. The number of nitrogens with zero attached hydrogens (tertiary/aromatic N) is 6. The Morgan fingerprint density at radius 2 is 1.97 bits per heavy atom. The molecular formula is C20H27N7O4. The van der Waals surface area contributed by atoms with E-state index in [-0.39, 0.29) is 17.3 Å². The largest absolute Gasteiger partial charge is 0.496 e. The number of benzene rings is 1. The Balaban J connectivity index is 1.62. The third-order valence-electron chi connectivity index (χ3n) is 5.25. The van der Waals surface area contributed by atoms with E-state index in [4.69, 9.17) is 4.74 Å². The fourth-order valence-electron chi connectivity index (χ4n) is 3.37. The summed E-state index contributed by atoms with van der Waals surface area (Å²) >= 11 is 0. The number of ether oxygens (including phenoxy) is 1. The van der Waals surface area contributed by atoms with Crippen molar-refractivity contribution in [2.45, 2.75) is 13.0 Å². The third-order valence-corrected chi connectivity index (χ3v) is 5.25. The maximum atomic E-state index is 12.8. The van der Waals surface area contributed by atoms with Gasteiger partial charge in [0, 0.05) is 46.5 Å². The van der Waals surface area contributed by atoms with Crippen LogP contribution in [0.15, 0.2) is 30.5 Å². The van der Waals surface area contributed by atoms with Crippen LogP contribution in [0.5, 0.6) is 5.75 Å². The van der Waals surface area contributed by atoms with Crippen LogP contribution >= 0.6 is 0 Å². The number of hydrogen-bond acceptors (Lipinski definition) is 9. The van der Waals surface area contributed by atoms with Crippen molar-refractivity contribution in [3.8, 4) is 5.75 Å². The van der Waals surface area contributed by atoms with E-state index >= 15 is 0 Å². The number of carbonyl (C=O) groups is 1. The number of piperazine rings is 1. The first-order valence-corrected chi connectivity index (χ1v) is 9.93. The second-order valence-corrected chi connectivity index (χ2v) is 7.44. The molecule has 1 saturated heterocycles.